The summed E-state index contributed by atoms with van der Waals surface area (Å²) < 4.78 is 1.09. The fourth-order valence-electron chi connectivity index (χ4n) is 6.07. The minimum absolute atomic E-state index is 0.0839. The number of nitrogens with zero attached hydrogens (tertiary/aromatic N) is 3. The highest BCUT2D eigenvalue weighted by molar-refractivity contribution is 7.19. The van der Waals surface area contributed by atoms with E-state index in [1.807, 2.05) is 12.3 Å². The molecule has 1 unspecified atom stereocenters. The molecular formula is C26H25ClN4O2S. The molecule has 174 valence electrons. The Labute approximate surface area is 206 Å². The van der Waals surface area contributed by atoms with E-state index < -0.39 is 0 Å². The summed E-state index contributed by atoms with van der Waals surface area (Å²) in [6.45, 7) is 3.53. The standard InChI is InChI=1S/C26H25ClN4O2S/c27-15-8-20(25-21(9-15)19-7-14(19)12-30(25)16-3-5-28-11-16)18-4-6-29-22-10-17(34-26(18)22)13-31-23(32)1-2-24(31)33/h4,6,8-10,14,16,19,28H,1-3,5,7,11-13H2/t14-,16?,19-/m0/s1. The first kappa shape index (κ1) is 20.9. The number of carbonyl (C=O) groups is 2. The molecule has 1 aliphatic carbocycles. The number of hydrogen-bond acceptors (Lipinski definition) is 6. The third-order valence-corrected chi connectivity index (χ3v) is 9.20. The quantitative estimate of drug-likeness (QED) is 0.541. The molecule has 4 aliphatic rings. The van der Waals surface area contributed by atoms with Crippen LogP contribution in [-0.4, -0.2) is 47.4 Å². The van der Waals surface area contributed by atoms with Gasteiger partial charge in [-0.15, -0.1) is 11.3 Å². The molecule has 0 spiro atoms. The molecule has 6 nitrogen and oxygen atoms in total. The van der Waals surface area contributed by atoms with Gasteiger partial charge in [-0.25, -0.2) is 0 Å². The molecule has 3 fully saturated rings. The van der Waals surface area contributed by atoms with Crippen molar-refractivity contribution in [3.8, 4) is 11.1 Å². The van der Waals surface area contributed by atoms with Gasteiger partial charge in [0.05, 0.1) is 16.8 Å². The lowest BCUT2D eigenvalue weighted by Gasteiger charge is -2.37. The van der Waals surface area contributed by atoms with Crippen molar-refractivity contribution in [2.24, 2.45) is 5.92 Å². The highest BCUT2D eigenvalue weighted by Crippen LogP contribution is 2.58. The molecule has 3 aliphatic heterocycles. The van der Waals surface area contributed by atoms with Crippen molar-refractivity contribution in [3.63, 3.8) is 0 Å². The van der Waals surface area contributed by atoms with Crippen LogP contribution >= 0.6 is 22.9 Å². The highest BCUT2D eigenvalue weighted by Gasteiger charge is 2.47. The predicted molar refractivity (Wildman–Crippen MR) is 134 cm³/mol. The molecule has 7 rings (SSSR count). The number of rotatable bonds is 4. The Morgan fingerprint density at radius 2 is 2.00 bits per heavy atom. The van der Waals surface area contributed by atoms with Crippen LogP contribution in [0.25, 0.3) is 21.3 Å². The number of imide groups is 1. The van der Waals surface area contributed by atoms with Crippen molar-refractivity contribution in [2.75, 3.05) is 24.5 Å². The van der Waals surface area contributed by atoms with E-state index in [2.05, 4.69) is 33.4 Å². The molecule has 5 heterocycles. The summed E-state index contributed by atoms with van der Waals surface area (Å²) in [6.07, 6.45) is 4.89. The van der Waals surface area contributed by atoms with Crippen LogP contribution in [0.2, 0.25) is 5.02 Å². The molecule has 1 N–H and O–H groups in total. The Bertz CT molecular complexity index is 1330. The smallest absolute Gasteiger partial charge is 0.230 e. The number of benzene rings is 1. The monoisotopic (exact) mass is 492 g/mol. The number of amides is 2. The van der Waals surface area contributed by atoms with Crippen molar-refractivity contribution in [1.29, 1.82) is 0 Å². The van der Waals surface area contributed by atoms with Crippen LogP contribution in [0, 0.1) is 5.92 Å². The maximum Gasteiger partial charge on any atom is 0.230 e. The van der Waals surface area contributed by atoms with E-state index in [9.17, 15) is 9.59 Å². The Morgan fingerprint density at radius 3 is 2.79 bits per heavy atom. The number of hydrogen-bond donors (Lipinski definition) is 1. The molecular weight excluding hydrogens is 468 g/mol. The van der Waals surface area contributed by atoms with Gasteiger partial charge >= 0.3 is 0 Å². The Kier molecular flexibility index (Phi) is 4.76. The lowest BCUT2D eigenvalue weighted by molar-refractivity contribution is -0.138. The zero-order valence-electron chi connectivity index (χ0n) is 18.7. The van der Waals surface area contributed by atoms with Crippen LogP contribution in [0.1, 0.15) is 42.0 Å². The molecule has 1 aromatic carbocycles. The van der Waals surface area contributed by atoms with Gasteiger partial charge in [-0.05, 0) is 61.1 Å². The molecule has 2 amide bonds. The Morgan fingerprint density at radius 1 is 1.15 bits per heavy atom. The van der Waals surface area contributed by atoms with E-state index in [1.165, 1.54) is 28.1 Å². The van der Waals surface area contributed by atoms with Gasteiger partial charge < -0.3 is 10.2 Å². The van der Waals surface area contributed by atoms with E-state index in [0.717, 1.165) is 57.7 Å². The molecule has 0 bridgehead atoms. The second-order valence-electron chi connectivity index (χ2n) is 9.95. The highest BCUT2D eigenvalue weighted by atomic mass is 35.5. The van der Waals surface area contributed by atoms with Gasteiger partial charge in [-0.2, -0.15) is 0 Å². The van der Waals surface area contributed by atoms with E-state index in [4.69, 9.17) is 11.6 Å². The van der Waals surface area contributed by atoms with Crippen molar-refractivity contribution < 1.29 is 9.59 Å². The van der Waals surface area contributed by atoms with Gasteiger partial charge in [0.1, 0.15) is 0 Å². The van der Waals surface area contributed by atoms with Gasteiger partial charge in [-0.3, -0.25) is 19.5 Å². The molecule has 34 heavy (non-hydrogen) atoms. The lowest BCUT2D eigenvalue weighted by atomic mass is 9.92. The summed E-state index contributed by atoms with van der Waals surface area (Å²) in [5, 5.41) is 4.32. The SMILES string of the molecule is O=C1CCC(=O)N1Cc1cc2nccc(-c3cc(Cl)cc4c3N(C3CCNC3)C[C@@H]3C[C@H]43)c2s1. The fraction of sp³-hybridized carbons (Fsp3) is 0.423. The molecule has 0 radical (unpaired) electrons. The number of likely N-dealkylation sites (tertiary alicyclic amines) is 1. The topological polar surface area (TPSA) is 65.5 Å². The second kappa shape index (κ2) is 7.77. The van der Waals surface area contributed by atoms with Crippen molar-refractivity contribution >= 4 is 50.7 Å². The first-order valence-electron chi connectivity index (χ1n) is 12.1. The third kappa shape index (κ3) is 3.28. The maximum atomic E-state index is 12.2. The zero-order chi connectivity index (χ0) is 23.0. The van der Waals surface area contributed by atoms with Crippen LogP contribution in [0.3, 0.4) is 0 Å². The third-order valence-electron chi connectivity index (χ3n) is 7.84. The zero-order valence-corrected chi connectivity index (χ0v) is 20.3. The van der Waals surface area contributed by atoms with Crippen molar-refractivity contribution in [1.82, 2.24) is 15.2 Å². The average molecular weight is 493 g/mol. The number of carbonyl (C=O) groups excluding carboxylic acids is 2. The van der Waals surface area contributed by atoms with Crippen LogP contribution in [-0.2, 0) is 16.1 Å². The van der Waals surface area contributed by atoms with Crippen molar-refractivity contribution in [3.05, 3.63) is 45.9 Å². The van der Waals surface area contributed by atoms with Gasteiger partial charge in [0.2, 0.25) is 11.8 Å². The fourth-order valence-corrected chi connectivity index (χ4v) is 7.43. The summed E-state index contributed by atoms with van der Waals surface area (Å²) in [4.78, 5) is 33.9. The summed E-state index contributed by atoms with van der Waals surface area (Å²) in [5.74, 6) is 1.18. The Balaban J connectivity index is 1.35. The van der Waals surface area contributed by atoms with Crippen LogP contribution in [0.15, 0.2) is 30.5 Å². The molecule has 3 aromatic rings. The van der Waals surface area contributed by atoms with Crippen LogP contribution in [0.4, 0.5) is 5.69 Å². The largest absolute Gasteiger partial charge is 0.366 e. The minimum Gasteiger partial charge on any atom is -0.366 e. The van der Waals surface area contributed by atoms with E-state index >= 15 is 0 Å². The van der Waals surface area contributed by atoms with Crippen LogP contribution < -0.4 is 10.2 Å². The lowest BCUT2D eigenvalue weighted by Crippen LogP contribution is -2.41. The van der Waals surface area contributed by atoms with Gasteiger partial charge in [-0.1, -0.05) is 11.6 Å². The summed E-state index contributed by atoms with van der Waals surface area (Å²) >= 11 is 8.33. The summed E-state index contributed by atoms with van der Waals surface area (Å²) in [7, 11) is 0. The Hall–Kier alpha value is -2.48. The number of thiophene rings is 1. The first-order chi connectivity index (χ1) is 16.6. The predicted octanol–water partition coefficient (Wildman–Crippen LogP) is 4.55. The number of nitrogens with one attached hydrogen (secondary N) is 1. The number of aromatic nitrogens is 1. The number of halogens is 1. The van der Waals surface area contributed by atoms with Gasteiger partial charge in [0.15, 0.2) is 0 Å². The number of anilines is 1. The molecule has 3 atom stereocenters. The summed E-state index contributed by atoms with van der Waals surface area (Å²) in [5.41, 5.74) is 5.94. The summed E-state index contributed by atoms with van der Waals surface area (Å²) in [6, 6.07) is 8.91. The average Bonchev–Trinajstić information content (AvgIpc) is 3.13. The normalized spacial score (nSPS) is 25.9. The van der Waals surface area contributed by atoms with Crippen LogP contribution in [0.5, 0.6) is 0 Å². The molecule has 1 saturated carbocycles. The van der Waals surface area contributed by atoms with Crippen molar-refractivity contribution in [2.45, 2.75) is 44.2 Å². The van der Waals surface area contributed by atoms with E-state index in [1.54, 1.807) is 11.3 Å². The molecule has 8 heteroatoms. The minimum atomic E-state index is -0.0839. The van der Waals surface area contributed by atoms with Gasteiger partial charge in [0, 0.05) is 64.9 Å². The second-order valence-corrected chi connectivity index (χ2v) is 11.5. The number of pyridine rings is 1. The molecule has 2 aromatic heterocycles. The molecule has 2 saturated heterocycles. The first-order valence-corrected chi connectivity index (χ1v) is 13.3. The number of fused-ring (bicyclic) bond motifs is 4. The maximum absolute atomic E-state index is 12.2. The van der Waals surface area contributed by atoms with Gasteiger partial charge in [0.25, 0.3) is 0 Å². The van der Waals surface area contributed by atoms with E-state index in [0.29, 0.717) is 31.3 Å². The van der Waals surface area contributed by atoms with E-state index in [-0.39, 0.29) is 11.8 Å².